The quantitative estimate of drug-likeness (QED) is 0.122. The summed E-state index contributed by atoms with van der Waals surface area (Å²) in [6.07, 6.45) is 3.62. The molecule has 3 N–H and O–H groups in total. The predicted molar refractivity (Wildman–Crippen MR) is 141 cm³/mol. The zero-order chi connectivity index (χ0) is 26.8. The summed E-state index contributed by atoms with van der Waals surface area (Å²) >= 11 is 1.65. The van der Waals surface area contributed by atoms with Gasteiger partial charge in [-0.1, -0.05) is 29.0 Å². The third kappa shape index (κ3) is 9.15. The van der Waals surface area contributed by atoms with E-state index in [2.05, 4.69) is 10.5 Å². The van der Waals surface area contributed by atoms with Gasteiger partial charge in [0.05, 0.1) is 11.1 Å². The third-order valence-corrected chi connectivity index (χ3v) is 6.65. The van der Waals surface area contributed by atoms with Crippen LogP contribution in [-0.2, 0) is 23.8 Å². The van der Waals surface area contributed by atoms with E-state index in [0.717, 1.165) is 21.8 Å². The average Bonchev–Trinajstić information content (AvgIpc) is 3.29. The Balaban J connectivity index is 0.000000289. The van der Waals surface area contributed by atoms with Gasteiger partial charge >= 0.3 is 0 Å². The van der Waals surface area contributed by atoms with Gasteiger partial charge in [0, 0.05) is 11.3 Å². The number of nitrogens with two attached hydrogens (primary N) is 1. The molecule has 1 aromatic heterocycles. The van der Waals surface area contributed by atoms with Gasteiger partial charge in [0.15, 0.2) is 6.20 Å². The minimum Gasteiger partial charge on any atom is -0.744 e. The van der Waals surface area contributed by atoms with E-state index in [-0.39, 0.29) is 10.8 Å². The van der Waals surface area contributed by atoms with Crippen LogP contribution in [0.3, 0.4) is 0 Å². The molecule has 0 fully saturated rings. The normalized spacial score (nSPS) is 11.0. The molecule has 1 amide bonds. The number of aryl methyl sites for hydroxylation is 2. The lowest BCUT2D eigenvalue weighted by Gasteiger charge is -2.05. The molecule has 0 unspecified atom stereocenters. The minimum absolute atomic E-state index is 0.178. The number of rotatable bonds is 7. The van der Waals surface area contributed by atoms with E-state index < -0.39 is 10.1 Å². The van der Waals surface area contributed by atoms with E-state index >= 15 is 0 Å². The van der Waals surface area contributed by atoms with Crippen LogP contribution in [0.25, 0.3) is 0 Å². The highest BCUT2D eigenvalue weighted by Crippen LogP contribution is 2.15. The number of thiazole rings is 1. The molecule has 0 aliphatic carbocycles. The summed E-state index contributed by atoms with van der Waals surface area (Å²) in [5, 5.41) is 3.97. The van der Waals surface area contributed by atoms with Gasteiger partial charge in [0.1, 0.15) is 34.4 Å². The average molecular weight is 539 g/mol. The molecular formula is C26H26N4O5S2. The van der Waals surface area contributed by atoms with E-state index in [1.165, 1.54) is 12.1 Å². The number of ether oxygens (including phenoxy) is 1. The monoisotopic (exact) mass is 538 g/mol. The lowest BCUT2D eigenvalue weighted by molar-refractivity contribution is -0.666. The largest absolute Gasteiger partial charge is 0.744 e. The van der Waals surface area contributed by atoms with Gasteiger partial charge in [0.25, 0.3) is 5.91 Å². The van der Waals surface area contributed by atoms with Gasteiger partial charge in [-0.15, -0.1) is 0 Å². The first-order chi connectivity index (χ1) is 17.6. The van der Waals surface area contributed by atoms with Crippen LogP contribution in [0.15, 0.2) is 94.5 Å². The maximum absolute atomic E-state index is 11.9. The van der Waals surface area contributed by atoms with Crippen molar-refractivity contribution in [2.75, 3.05) is 5.73 Å². The molecule has 4 rings (SSSR count). The van der Waals surface area contributed by atoms with Crippen molar-refractivity contribution in [1.29, 1.82) is 0 Å². The number of nitrogens with zero attached hydrogens (tertiary/aromatic N) is 2. The second-order valence-corrected chi connectivity index (χ2v) is 10.3. The molecule has 0 saturated heterocycles. The zero-order valence-electron chi connectivity index (χ0n) is 20.2. The van der Waals surface area contributed by atoms with Crippen LogP contribution in [0.2, 0.25) is 0 Å². The maximum Gasteiger partial charge on any atom is 0.271 e. The van der Waals surface area contributed by atoms with Gasteiger partial charge in [-0.2, -0.15) is 9.67 Å². The molecule has 0 saturated carbocycles. The van der Waals surface area contributed by atoms with Crippen molar-refractivity contribution in [1.82, 2.24) is 5.43 Å². The highest BCUT2D eigenvalue weighted by molar-refractivity contribution is 7.85. The van der Waals surface area contributed by atoms with Crippen LogP contribution < -0.4 is 20.5 Å². The van der Waals surface area contributed by atoms with Crippen LogP contribution in [-0.4, -0.2) is 25.1 Å². The number of aromatic nitrogens is 1. The topological polar surface area (TPSA) is 138 Å². The number of hydrazone groups is 1. The first-order valence-electron chi connectivity index (χ1n) is 11.0. The molecule has 11 heteroatoms. The van der Waals surface area contributed by atoms with Crippen molar-refractivity contribution in [2.45, 2.75) is 18.4 Å². The van der Waals surface area contributed by atoms with Crippen LogP contribution in [0.5, 0.6) is 5.75 Å². The predicted octanol–water partition coefficient (Wildman–Crippen LogP) is 3.40. The van der Waals surface area contributed by atoms with Gasteiger partial charge in [0.2, 0.25) is 5.51 Å². The molecule has 0 aliphatic rings. The van der Waals surface area contributed by atoms with Crippen molar-refractivity contribution in [3.8, 4) is 5.75 Å². The van der Waals surface area contributed by atoms with Crippen LogP contribution in [0.4, 0.5) is 5.69 Å². The third-order valence-electron chi connectivity index (χ3n) is 4.84. The fourth-order valence-electron chi connectivity index (χ4n) is 2.88. The van der Waals surface area contributed by atoms with E-state index in [1.54, 1.807) is 53.9 Å². The summed E-state index contributed by atoms with van der Waals surface area (Å²) in [6.45, 7) is 2.36. The maximum atomic E-state index is 11.9. The van der Waals surface area contributed by atoms with E-state index in [9.17, 15) is 17.8 Å². The summed E-state index contributed by atoms with van der Waals surface area (Å²) < 4.78 is 38.9. The fourth-order valence-corrected chi connectivity index (χ4v) is 4.07. The number of nitrogen functional groups attached to an aromatic ring is 1. The fraction of sp³-hybridized carbons (Fsp3) is 0.115. The Hall–Kier alpha value is -4.06. The molecule has 192 valence electrons. The van der Waals surface area contributed by atoms with E-state index in [0.29, 0.717) is 17.9 Å². The molecule has 0 radical (unpaired) electrons. The summed E-state index contributed by atoms with van der Waals surface area (Å²) in [5.41, 5.74) is 13.0. The van der Waals surface area contributed by atoms with E-state index in [4.69, 9.17) is 10.5 Å². The van der Waals surface area contributed by atoms with Crippen molar-refractivity contribution in [3.63, 3.8) is 0 Å². The number of amides is 1. The Morgan fingerprint density at radius 1 is 1.08 bits per heavy atom. The highest BCUT2D eigenvalue weighted by Gasteiger charge is 2.04. The molecular weight excluding hydrogens is 512 g/mol. The van der Waals surface area contributed by atoms with Gasteiger partial charge in [-0.05, 0) is 73.2 Å². The lowest BCUT2D eigenvalue weighted by Crippen LogP contribution is -2.22. The SMILES string of the molecule is C[n+]1csc(COc2ccc(/C=N/NC(=O)c3ccc(N)cc3)cc2)c1.Cc1ccc(S(=O)(=O)[O-])cc1. The molecule has 4 aromatic rings. The van der Waals surface area contributed by atoms with Gasteiger partial charge in [-0.3, -0.25) is 4.79 Å². The number of carbonyl (C=O) groups is 1. The van der Waals surface area contributed by atoms with Gasteiger partial charge < -0.3 is 15.0 Å². The van der Waals surface area contributed by atoms with Crippen molar-refractivity contribution in [3.05, 3.63) is 106 Å². The summed E-state index contributed by atoms with van der Waals surface area (Å²) in [5.74, 6) is 0.495. The highest BCUT2D eigenvalue weighted by atomic mass is 32.2. The van der Waals surface area contributed by atoms with Crippen LogP contribution in [0.1, 0.15) is 26.4 Å². The Morgan fingerprint density at radius 2 is 1.73 bits per heavy atom. The lowest BCUT2D eigenvalue weighted by atomic mass is 10.2. The zero-order valence-corrected chi connectivity index (χ0v) is 21.8. The Bertz CT molecular complexity index is 1450. The number of hydrogen-bond donors (Lipinski definition) is 2. The van der Waals surface area contributed by atoms with Crippen molar-refractivity contribution >= 4 is 39.3 Å². The Kier molecular flexibility index (Phi) is 9.50. The molecule has 0 spiro atoms. The number of hydrogen-bond acceptors (Lipinski definition) is 8. The van der Waals surface area contributed by atoms with Crippen LogP contribution >= 0.6 is 11.3 Å². The van der Waals surface area contributed by atoms with Crippen molar-refractivity contribution < 1.29 is 27.1 Å². The van der Waals surface area contributed by atoms with Gasteiger partial charge in [-0.25, -0.2) is 13.8 Å². The number of nitrogens with one attached hydrogen (secondary N) is 1. The second-order valence-electron chi connectivity index (χ2n) is 7.93. The minimum atomic E-state index is -4.27. The Morgan fingerprint density at radius 3 is 2.30 bits per heavy atom. The second kappa shape index (κ2) is 12.8. The molecule has 3 aromatic carbocycles. The van der Waals surface area contributed by atoms with E-state index in [1.807, 2.05) is 54.5 Å². The molecule has 0 aliphatic heterocycles. The first-order valence-corrected chi connectivity index (χ1v) is 13.3. The molecule has 0 bridgehead atoms. The summed E-state index contributed by atoms with van der Waals surface area (Å²) in [7, 11) is -2.28. The first kappa shape index (κ1) is 27.5. The van der Waals surface area contributed by atoms with Crippen molar-refractivity contribution in [2.24, 2.45) is 12.1 Å². The molecule has 9 nitrogen and oxygen atoms in total. The summed E-state index contributed by atoms with van der Waals surface area (Å²) in [4.78, 5) is 12.9. The molecule has 0 atom stereocenters. The number of carbonyl (C=O) groups excluding carboxylic acids is 1. The van der Waals surface area contributed by atoms with Crippen LogP contribution in [0, 0.1) is 6.92 Å². The number of benzene rings is 3. The molecule has 1 heterocycles. The number of anilines is 1. The summed E-state index contributed by atoms with van der Waals surface area (Å²) in [6, 6.07) is 19.9. The smallest absolute Gasteiger partial charge is 0.271 e. The Labute approximate surface area is 219 Å². The standard InChI is InChI=1S/C19H18N4O2S.C7H8O3S/c1-23-11-18(26-13-23)12-25-17-8-2-14(3-9-17)10-21-22-19(24)15-4-6-16(20)7-5-15;1-6-2-4-7(5-3-6)11(8,9)10/h2-11,13H,12H2,1H3,(H2-,20,22,24);2-5H,1H3,(H,8,9,10)/b21-10+;. The molecule has 37 heavy (non-hydrogen) atoms.